The van der Waals surface area contributed by atoms with Crippen LogP contribution >= 0.6 is 11.7 Å². The van der Waals surface area contributed by atoms with Crippen LogP contribution in [0.2, 0.25) is 0 Å². The summed E-state index contributed by atoms with van der Waals surface area (Å²) in [6.45, 7) is 21.8. The van der Waals surface area contributed by atoms with E-state index in [0.29, 0.717) is 43.2 Å². The number of aromatic nitrogens is 2. The topological polar surface area (TPSA) is 226 Å². The Bertz CT molecular complexity index is 2420. The number of amides is 1. The number of ether oxygens (including phenoxy) is 8. The van der Waals surface area contributed by atoms with Gasteiger partial charge in [0.05, 0.1) is 31.5 Å². The highest BCUT2D eigenvalue weighted by Crippen LogP contribution is 2.34. The van der Waals surface area contributed by atoms with Crippen LogP contribution in [0.3, 0.4) is 0 Å². The van der Waals surface area contributed by atoms with Gasteiger partial charge in [0.15, 0.2) is 23.1 Å². The second-order valence-corrected chi connectivity index (χ2v) is 20.8. The van der Waals surface area contributed by atoms with Gasteiger partial charge in [-0.25, -0.2) is 9.59 Å². The summed E-state index contributed by atoms with van der Waals surface area (Å²) in [6.07, 6.45) is -3.58. The summed E-state index contributed by atoms with van der Waals surface area (Å²) in [4.78, 5) is 102. The third-order valence-corrected chi connectivity index (χ3v) is 14.9. The fraction of sp³-hybridized carbons (Fsp3) is 0.632. The van der Waals surface area contributed by atoms with Gasteiger partial charge >= 0.3 is 11.9 Å². The van der Waals surface area contributed by atoms with Crippen LogP contribution in [-0.2, 0) is 79.9 Å². The molecule has 1 aliphatic rings. The molecule has 0 spiro atoms. The second kappa shape index (κ2) is 28.9. The number of hydrogen-bond acceptors (Lipinski definition) is 19. The van der Waals surface area contributed by atoms with Gasteiger partial charge in [0.1, 0.15) is 55.9 Å². The van der Waals surface area contributed by atoms with Crippen LogP contribution in [0.5, 0.6) is 5.88 Å². The number of benzene rings is 2. The number of esters is 2. The molecule has 0 radical (unpaired) electrons. The van der Waals surface area contributed by atoms with E-state index in [0.717, 1.165) is 11.7 Å². The van der Waals surface area contributed by atoms with Crippen molar-refractivity contribution < 1.29 is 71.5 Å². The Morgan fingerprint density at radius 1 is 0.649 bits per heavy atom. The predicted octanol–water partition coefficient (Wildman–Crippen LogP) is 7.81. The van der Waals surface area contributed by atoms with Gasteiger partial charge in [0.25, 0.3) is 5.88 Å². The molecular weight excluding hydrogens is 1010 g/mol. The minimum Gasteiger partial charge on any atom is -0.472 e. The number of ketones is 4. The minimum absolute atomic E-state index is 0.106. The maximum absolute atomic E-state index is 15.0. The third-order valence-electron chi connectivity index (χ3n) is 14.4. The molecule has 19 nitrogen and oxygen atoms in total. The zero-order valence-electron chi connectivity index (χ0n) is 47.4. The number of carbonyl (C=O) groups excluding carboxylic acids is 7. The minimum atomic E-state index is -2.11. The maximum Gasteiger partial charge on any atom is 0.346 e. The Labute approximate surface area is 458 Å². The van der Waals surface area contributed by atoms with E-state index in [2.05, 4.69) is 8.75 Å². The number of rotatable bonds is 33. The molecule has 1 fully saturated rings. The lowest BCUT2D eigenvalue weighted by Gasteiger charge is -2.42. The van der Waals surface area contributed by atoms with Gasteiger partial charge in [-0.3, -0.25) is 24.0 Å². The summed E-state index contributed by atoms with van der Waals surface area (Å²) in [5.41, 5.74) is -6.94. The highest BCUT2D eigenvalue weighted by molar-refractivity contribution is 6.99. The van der Waals surface area contributed by atoms with Crippen LogP contribution in [0.25, 0.3) is 0 Å². The molecule has 5 atom stereocenters. The highest BCUT2D eigenvalue weighted by atomic mass is 32.1. The van der Waals surface area contributed by atoms with Crippen molar-refractivity contribution in [3.63, 3.8) is 0 Å². The molecule has 1 aromatic heterocycles. The zero-order valence-corrected chi connectivity index (χ0v) is 48.2. The highest BCUT2D eigenvalue weighted by Gasteiger charge is 2.52. The predicted molar refractivity (Wildman–Crippen MR) is 288 cm³/mol. The van der Waals surface area contributed by atoms with E-state index in [4.69, 9.17) is 37.9 Å². The molecule has 426 valence electrons. The van der Waals surface area contributed by atoms with Crippen LogP contribution < -0.4 is 9.64 Å². The van der Waals surface area contributed by atoms with Crippen molar-refractivity contribution in [2.45, 2.75) is 188 Å². The molecule has 1 saturated heterocycles. The van der Waals surface area contributed by atoms with Crippen molar-refractivity contribution in [3.8, 4) is 5.88 Å². The Morgan fingerprint density at radius 3 is 1.52 bits per heavy atom. The van der Waals surface area contributed by atoms with Crippen molar-refractivity contribution in [1.82, 2.24) is 13.6 Å². The zero-order chi connectivity index (χ0) is 57.2. The van der Waals surface area contributed by atoms with E-state index in [9.17, 15) is 33.6 Å². The number of nitrogens with zero attached hydrogens (tertiary/aromatic N) is 4. The molecule has 77 heavy (non-hydrogen) atoms. The largest absolute Gasteiger partial charge is 0.472 e. The number of hydrogen-bond donors (Lipinski definition) is 0. The van der Waals surface area contributed by atoms with Gasteiger partial charge in [-0.15, -0.1) is 4.37 Å². The van der Waals surface area contributed by atoms with Gasteiger partial charge in [-0.2, -0.15) is 4.37 Å². The van der Waals surface area contributed by atoms with Crippen molar-refractivity contribution in [1.29, 1.82) is 0 Å². The molecule has 4 unspecified atom stereocenters. The number of morpholine rings is 1. The Kier molecular flexibility index (Phi) is 24.0. The van der Waals surface area contributed by atoms with Gasteiger partial charge in [-0.05, 0) is 98.1 Å². The third kappa shape index (κ3) is 15.8. The van der Waals surface area contributed by atoms with Crippen LogP contribution in [0.15, 0.2) is 60.7 Å². The first-order valence-electron chi connectivity index (χ1n) is 26.8. The lowest BCUT2D eigenvalue weighted by Crippen LogP contribution is -2.58. The SMILES string of the molecule is CCC(CC)(OCC(=O)N(C[C@@H](COc1nsnc1N1CCOCC1)OC(CC)(CC)C(=O)C(C)OC(CC)(C(C)=O)C(=O)OCc1ccccc1)C(C)(C)C)C(=O)C(C)OC(CC)(C(C)=O)C(=O)OCc1ccccc1. The van der Waals surface area contributed by atoms with Gasteiger partial charge in [0, 0.05) is 18.6 Å². The fourth-order valence-corrected chi connectivity index (χ4v) is 9.93. The summed E-state index contributed by atoms with van der Waals surface area (Å²) in [6, 6.07) is 17.9. The molecular formula is C57H82N4O15S. The maximum atomic E-state index is 15.0. The quantitative estimate of drug-likeness (QED) is 0.0419. The normalized spacial score (nSPS) is 16.0. The molecule has 3 aromatic rings. The first kappa shape index (κ1) is 64.0. The van der Waals surface area contributed by atoms with E-state index < -0.39 is 93.8 Å². The lowest BCUT2D eigenvalue weighted by atomic mass is 9.87. The van der Waals surface area contributed by atoms with E-state index in [1.54, 1.807) is 90.1 Å². The molecule has 1 amide bonds. The Balaban J connectivity index is 1.65. The summed E-state index contributed by atoms with van der Waals surface area (Å²) >= 11 is 0.963. The summed E-state index contributed by atoms with van der Waals surface area (Å²) < 4.78 is 57.8. The Morgan fingerprint density at radius 2 is 1.10 bits per heavy atom. The number of Topliss-reactive ketones (excluding diaryl/α,β-unsaturated/α-hetero) is 4. The first-order valence-corrected chi connectivity index (χ1v) is 27.5. The number of carbonyl (C=O) groups is 7. The molecule has 1 aliphatic heterocycles. The Hall–Kier alpha value is -5.51. The van der Waals surface area contributed by atoms with E-state index in [-0.39, 0.29) is 70.8 Å². The van der Waals surface area contributed by atoms with Crippen LogP contribution in [0.4, 0.5) is 5.82 Å². The first-order chi connectivity index (χ1) is 36.5. The summed E-state index contributed by atoms with van der Waals surface area (Å²) in [5.74, 6) is -4.09. The van der Waals surface area contributed by atoms with E-state index in [1.165, 1.54) is 32.6 Å². The average Bonchev–Trinajstić information content (AvgIpc) is 3.91. The average molecular weight is 1100 g/mol. The van der Waals surface area contributed by atoms with Gasteiger partial charge in [0.2, 0.25) is 22.9 Å². The smallest absolute Gasteiger partial charge is 0.346 e. The van der Waals surface area contributed by atoms with Crippen LogP contribution in [0.1, 0.15) is 140 Å². The fourth-order valence-electron chi connectivity index (χ4n) is 9.41. The van der Waals surface area contributed by atoms with Gasteiger partial charge < -0.3 is 47.7 Å². The van der Waals surface area contributed by atoms with Crippen LogP contribution in [0, 0.1) is 0 Å². The lowest BCUT2D eigenvalue weighted by molar-refractivity contribution is -0.194. The number of anilines is 1. The van der Waals surface area contributed by atoms with Crippen molar-refractivity contribution >= 4 is 58.5 Å². The standard InChI is InChI=1S/C57H82N4O15S/c1-14-54(15-2,47(65)39(7)74-56(18-5,41(9)62)51(67)71-35-43-26-22-20-23-27-43)73-38-46(64)61(53(11,12)13)34-45(37-70-50-49(58-77-59-50)60-30-32-69-33-31-60)76-55(16-3,17-4)48(66)40(8)75-57(19-6,42(10)63)52(68)72-36-44-28-24-21-25-29-44/h20-29,39-40,45H,14-19,30-38H2,1-13H3/t39?,40?,45-,56?,57?/m0/s1. The van der Waals surface area contributed by atoms with Crippen molar-refractivity contribution in [2.75, 3.05) is 51.0 Å². The molecule has 2 aromatic carbocycles. The summed E-state index contributed by atoms with van der Waals surface area (Å²) in [7, 11) is 0. The summed E-state index contributed by atoms with van der Waals surface area (Å²) in [5, 5.41) is 0. The molecule has 0 bridgehead atoms. The van der Waals surface area contributed by atoms with Gasteiger partial charge in [-0.1, -0.05) is 102 Å². The monoisotopic (exact) mass is 1090 g/mol. The van der Waals surface area contributed by atoms with Crippen molar-refractivity contribution in [2.24, 2.45) is 0 Å². The molecule has 0 N–H and O–H groups in total. The second-order valence-electron chi connectivity index (χ2n) is 20.3. The van der Waals surface area contributed by atoms with Crippen LogP contribution in [-0.4, -0.2) is 147 Å². The van der Waals surface area contributed by atoms with Crippen molar-refractivity contribution in [3.05, 3.63) is 71.8 Å². The molecule has 20 heteroatoms. The molecule has 0 saturated carbocycles. The van der Waals surface area contributed by atoms with E-state index >= 15 is 0 Å². The van der Waals surface area contributed by atoms with E-state index in [1.807, 2.05) is 37.8 Å². The molecule has 2 heterocycles. The molecule has 0 aliphatic carbocycles. The molecule has 4 rings (SSSR count).